The molecule has 2 unspecified atom stereocenters. The van der Waals surface area contributed by atoms with Gasteiger partial charge in [-0.05, 0) is 37.0 Å². The average Bonchev–Trinajstić information content (AvgIpc) is 2.70. The van der Waals surface area contributed by atoms with Crippen molar-refractivity contribution in [2.45, 2.75) is 26.3 Å². The first-order valence-corrected chi connectivity index (χ1v) is 6.05. The molecule has 0 spiro atoms. The van der Waals surface area contributed by atoms with Crippen molar-refractivity contribution in [1.82, 2.24) is 0 Å². The Morgan fingerprint density at radius 2 is 2.28 bits per heavy atom. The number of carboxylic acids is 1. The van der Waals surface area contributed by atoms with Gasteiger partial charge in [-0.25, -0.2) is 4.79 Å². The van der Waals surface area contributed by atoms with Gasteiger partial charge in [0.2, 0.25) is 0 Å². The van der Waals surface area contributed by atoms with Crippen LogP contribution in [0.3, 0.4) is 0 Å². The Labute approximate surface area is 106 Å². The number of benzene rings is 1. The molecule has 1 N–H and O–H groups in total. The third kappa shape index (κ3) is 2.04. The van der Waals surface area contributed by atoms with E-state index in [1.807, 2.05) is 30.9 Å². The molecule has 1 fully saturated rings. The van der Waals surface area contributed by atoms with Gasteiger partial charge >= 0.3 is 5.97 Å². The summed E-state index contributed by atoms with van der Waals surface area (Å²) >= 11 is 0. The first-order chi connectivity index (χ1) is 8.54. The highest BCUT2D eigenvalue weighted by molar-refractivity contribution is 5.80. The molecule has 1 aromatic rings. The molecule has 0 amide bonds. The highest BCUT2D eigenvalue weighted by atomic mass is 16.4. The molecule has 4 heteroatoms. The number of anilines is 1. The Bertz CT molecular complexity index is 519. The molecule has 0 radical (unpaired) electrons. The van der Waals surface area contributed by atoms with Gasteiger partial charge in [-0.2, -0.15) is 5.26 Å². The summed E-state index contributed by atoms with van der Waals surface area (Å²) in [5.74, 6) is -0.709. The lowest BCUT2D eigenvalue weighted by Gasteiger charge is -2.26. The standard InChI is InChI=1S/C14H16N2O2/c1-9-3-4-12(11(7-9)8-15)16-6-5-10(2)13(16)14(17)18/h3-4,7,10,13H,5-6H2,1-2H3,(H,17,18). The predicted molar refractivity (Wildman–Crippen MR) is 68.4 cm³/mol. The maximum absolute atomic E-state index is 11.3. The lowest BCUT2D eigenvalue weighted by molar-refractivity contribution is -0.139. The van der Waals surface area contributed by atoms with Gasteiger partial charge < -0.3 is 10.0 Å². The molecular weight excluding hydrogens is 228 g/mol. The molecule has 0 aliphatic carbocycles. The van der Waals surface area contributed by atoms with Gasteiger partial charge in [0, 0.05) is 6.54 Å². The Morgan fingerprint density at radius 3 is 2.89 bits per heavy atom. The van der Waals surface area contributed by atoms with Crippen molar-refractivity contribution in [1.29, 1.82) is 5.26 Å². The largest absolute Gasteiger partial charge is 0.480 e. The summed E-state index contributed by atoms with van der Waals surface area (Å²) < 4.78 is 0. The maximum Gasteiger partial charge on any atom is 0.326 e. The van der Waals surface area contributed by atoms with Gasteiger partial charge in [0.15, 0.2) is 0 Å². The summed E-state index contributed by atoms with van der Waals surface area (Å²) in [5.41, 5.74) is 2.30. The Hall–Kier alpha value is -2.02. The van der Waals surface area contributed by atoms with E-state index >= 15 is 0 Å². The predicted octanol–water partition coefficient (Wildman–Crippen LogP) is 2.17. The summed E-state index contributed by atoms with van der Waals surface area (Å²) in [6.45, 7) is 4.56. The molecule has 0 saturated carbocycles. The van der Waals surface area contributed by atoms with E-state index in [2.05, 4.69) is 6.07 Å². The number of aliphatic carboxylic acids is 1. The molecule has 1 aromatic carbocycles. The fourth-order valence-corrected chi connectivity index (χ4v) is 2.58. The van der Waals surface area contributed by atoms with Crippen LogP contribution in [0, 0.1) is 24.2 Å². The summed E-state index contributed by atoms with van der Waals surface area (Å²) in [4.78, 5) is 13.2. The Kier molecular flexibility index (Phi) is 3.24. The number of carbonyl (C=O) groups is 1. The number of rotatable bonds is 2. The molecule has 0 aromatic heterocycles. The minimum Gasteiger partial charge on any atom is -0.480 e. The van der Waals surface area contributed by atoms with E-state index in [9.17, 15) is 9.90 Å². The molecule has 1 aliphatic heterocycles. The molecule has 94 valence electrons. The third-order valence-corrected chi connectivity index (χ3v) is 3.54. The monoisotopic (exact) mass is 244 g/mol. The highest BCUT2D eigenvalue weighted by Crippen LogP contribution is 2.32. The first-order valence-electron chi connectivity index (χ1n) is 6.05. The lowest BCUT2D eigenvalue weighted by atomic mass is 10.0. The summed E-state index contributed by atoms with van der Waals surface area (Å²) in [6.07, 6.45) is 0.843. The van der Waals surface area contributed by atoms with Gasteiger partial charge in [-0.3, -0.25) is 0 Å². The van der Waals surface area contributed by atoms with Crippen LogP contribution >= 0.6 is 0 Å². The van der Waals surface area contributed by atoms with Crippen LogP contribution < -0.4 is 4.90 Å². The van der Waals surface area contributed by atoms with E-state index in [1.54, 1.807) is 6.07 Å². The van der Waals surface area contributed by atoms with Crippen molar-refractivity contribution in [3.63, 3.8) is 0 Å². The van der Waals surface area contributed by atoms with E-state index in [1.165, 1.54) is 0 Å². The van der Waals surface area contributed by atoms with Crippen molar-refractivity contribution in [3.05, 3.63) is 29.3 Å². The second-order valence-electron chi connectivity index (χ2n) is 4.87. The van der Waals surface area contributed by atoms with Crippen molar-refractivity contribution < 1.29 is 9.90 Å². The second-order valence-corrected chi connectivity index (χ2v) is 4.87. The quantitative estimate of drug-likeness (QED) is 0.865. The minimum absolute atomic E-state index is 0.107. The van der Waals surface area contributed by atoms with E-state index in [0.29, 0.717) is 12.1 Å². The Balaban J connectivity index is 2.43. The van der Waals surface area contributed by atoms with Crippen LogP contribution in [0.15, 0.2) is 18.2 Å². The fraction of sp³-hybridized carbons (Fsp3) is 0.429. The third-order valence-electron chi connectivity index (χ3n) is 3.54. The first kappa shape index (κ1) is 12.4. The van der Waals surface area contributed by atoms with Gasteiger partial charge in [-0.15, -0.1) is 0 Å². The summed E-state index contributed by atoms with van der Waals surface area (Å²) in [7, 11) is 0. The molecule has 2 rings (SSSR count). The number of nitriles is 1. The number of hydrogen-bond donors (Lipinski definition) is 1. The normalized spacial score (nSPS) is 22.8. The van der Waals surface area contributed by atoms with E-state index in [-0.39, 0.29) is 5.92 Å². The van der Waals surface area contributed by atoms with E-state index in [0.717, 1.165) is 17.7 Å². The molecule has 1 aliphatic rings. The molecule has 18 heavy (non-hydrogen) atoms. The Morgan fingerprint density at radius 1 is 1.56 bits per heavy atom. The van der Waals surface area contributed by atoms with Crippen molar-refractivity contribution in [2.24, 2.45) is 5.92 Å². The number of carboxylic acid groups (broad SMARTS) is 1. The van der Waals surface area contributed by atoms with Crippen LogP contribution in [-0.4, -0.2) is 23.7 Å². The zero-order chi connectivity index (χ0) is 13.3. The van der Waals surface area contributed by atoms with Gasteiger partial charge in [0.25, 0.3) is 0 Å². The van der Waals surface area contributed by atoms with Gasteiger partial charge in [-0.1, -0.05) is 13.0 Å². The number of nitrogens with zero attached hydrogens (tertiary/aromatic N) is 2. The SMILES string of the molecule is Cc1ccc(N2CCC(C)C2C(=O)O)c(C#N)c1. The zero-order valence-electron chi connectivity index (χ0n) is 10.6. The molecule has 0 bridgehead atoms. The molecular formula is C14H16N2O2. The highest BCUT2D eigenvalue weighted by Gasteiger charge is 2.37. The molecule has 4 nitrogen and oxygen atoms in total. The minimum atomic E-state index is -0.815. The fourth-order valence-electron chi connectivity index (χ4n) is 2.58. The van der Waals surface area contributed by atoms with Crippen LogP contribution in [0.2, 0.25) is 0 Å². The van der Waals surface area contributed by atoms with Crippen LogP contribution in [0.25, 0.3) is 0 Å². The van der Waals surface area contributed by atoms with Crippen LogP contribution in [0.5, 0.6) is 0 Å². The topological polar surface area (TPSA) is 64.3 Å². The molecule has 2 atom stereocenters. The average molecular weight is 244 g/mol. The number of aryl methyl sites for hydroxylation is 1. The summed E-state index contributed by atoms with van der Waals surface area (Å²) in [6, 6.07) is 7.19. The maximum atomic E-state index is 11.3. The van der Waals surface area contributed by atoms with Crippen molar-refractivity contribution >= 4 is 11.7 Å². The lowest BCUT2D eigenvalue weighted by Crippen LogP contribution is -2.39. The van der Waals surface area contributed by atoms with Crippen molar-refractivity contribution in [3.8, 4) is 6.07 Å². The van der Waals surface area contributed by atoms with Crippen LogP contribution in [-0.2, 0) is 4.79 Å². The second kappa shape index (κ2) is 4.69. The molecule has 1 saturated heterocycles. The van der Waals surface area contributed by atoms with E-state index in [4.69, 9.17) is 5.26 Å². The van der Waals surface area contributed by atoms with E-state index < -0.39 is 12.0 Å². The van der Waals surface area contributed by atoms with Gasteiger partial charge in [0.05, 0.1) is 11.3 Å². The van der Waals surface area contributed by atoms with Gasteiger partial charge in [0.1, 0.15) is 12.1 Å². The van der Waals surface area contributed by atoms with Crippen molar-refractivity contribution in [2.75, 3.05) is 11.4 Å². The zero-order valence-corrected chi connectivity index (χ0v) is 10.6. The summed E-state index contributed by atoms with van der Waals surface area (Å²) in [5, 5.41) is 18.5. The molecule has 1 heterocycles. The van der Waals surface area contributed by atoms with Crippen LogP contribution in [0.1, 0.15) is 24.5 Å². The smallest absolute Gasteiger partial charge is 0.326 e. The number of hydrogen-bond acceptors (Lipinski definition) is 3. The van der Waals surface area contributed by atoms with Crippen LogP contribution in [0.4, 0.5) is 5.69 Å².